The van der Waals surface area contributed by atoms with Crippen molar-refractivity contribution in [3.63, 3.8) is 0 Å². The van der Waals surface area contributed by atoms with Crippen LogP contribution >= 0.6 is 0 Å². The molecule has 1 atom stereocenters. The fourth-order valence-electron chi connectivity index (χ4n) is 2.82. The number of nitrogens with one attached hydrogen (secondary N) is 1. The van der Waals surface area contributed by atoms with Gasteiger partial charge in [0, 0.05) is 12.6 Å². The molecule has 0 spiro atoms. The molecule has 3 rings (SSSR count). The number of carbonyl (C=O) groups is 1. The Morgan fingerprint density at radius 1 is 0.857 bits per heavy atom. The maximum absolute atomic E-state index is 12.7. The molecule has 0 saturated carbocycles. The van der Waals surface area contributed by atoms with E-state index in [2.05, 4.69) is 5.32 Å². The molecule has 3 aromatic rings. The second kappa shape index (κ2) is 8.27. The second-order valence-electron chi connectivity index (χ2n) is 6.44. The average molecular weight is 394 g/mol. The first-order chi connectivity index (χ1) is 13.4. The van der Waals surface area contributed by atoms with Gasteiger partial charge >= 0.3 is 0 Å². The van der Waals surface area contributed by atoms with Crippen molar-refractivity contribution in [2.45, 2.75) is 17.9 Å². The minimum atomic E-state index is -3.65. The van der Waals surface area contributed by atoms with Gasteiger partial charge in [0.25, 0.3) is 15.9 Å². The molecular formula is C22H22N2O3S. The predicted molar refractivity (Wildman–Crippen MR) is 111 cm³/mol. The molecule has 3 aromatic carbocycles. The molecule has 0 saturated heterocycles. The highest BCUT2D eigenvalue weighted by Gasteiger charge is 2.21. The molecule has 0 radical (unpaired) electrons. The normalized spacial score (nSPS) is 12.2. The quantitative estimate of drug-likeness (QED) is 0.687. The Morgan fingerprint density at radius 3 is 1.96 bits per heavy atom. The minimum Gasteiger partial charge on any atom is -0.346 e. The Morgan fingerprint density at radius 2 is 1.39 bits per heavy atom. The molecule has 28 heavy (non-hydrogen) atoms. The first kappa shape index (κ1) is 19.6. The minimum absolute atomic E-state index is 0.130. The summed E-state index contributed by atoms with van der Waals surface area (Å²) in [6, 6.07) is 24.3. The van der Waals surface area contributed by atoms with E-state index in [4.69, 9.17) is 0 Å². The number of benzene rings is 3. The molecule has 0 bridgehead atoms. The number of amides is 1. The Bertz CT molecular complexity index is 1030. The van der Waals surface area contributed by atoms with Gasteiger partial charge in [-0.15, -0.1) is 0 Å². The van der Waals surface area contributed by atoms with E-state index in [1.807, 2.05) is 37.3 Å². The molecular weight excluding hydrogens is 372 g/mol. The van der Waals surface area contributed by atoms with Crippen LogP contribution in [0.4, 0.5) is 5.69 Å². The van der Waals surface area contributed by atoms with Crippen molar-refractivity contribution in [2.24, 2.45) is 0 Å². The van der Waals surface area contributed by atoms with Gasteiger partial charge in [-0.25, -0.2) is 8.42 Å². The van der Waals surface area contributed by atoms with Crippen molar-refractivity contribution >= 4 is 21.6 Å². The summed E-state index contributed by atoms with van der Waals surface area (Å²) < 4.78 is 26.6. The number of sulfonamides is 1. The van der Waals surface area contributed by atoms with Gasteiger partial charge in [-0.3, -0.25) is 9.10 Å². The number of carbonyl (C=O) groups excluding carboxylic acids is 1. The number of rotatable bonds is 6. The van der Waals surface area contributed by atoms with Gasteiger partial charge in [-0.2, -0.15) is 0 Å². The van der Waals surface area contributed by atoms with Crippen LogP contribution in [0.2, 0.25) is 0 Å². The smallest absolute Gasteiger partial charge is 0.264 e. The molecule has 1 amide bonds. The van der Waals surface area contributed by atoms with Gasteiger partial charge in [0.2, 0.25) is 0 Å². The van der Waals surface area contributed by atoms with Crippen LogP contribution in [0.25, 0.3) is 0 Å². The van der Waals surface area contributed by atoms with Crippen molar-refractivity contribution < 1.29 is 13.2 Å². The third-order valence-electron chi connectivity index (χ3n) is 4.54. The van der Waals surface area contributed by atoms with E-state index < -0.39 is 10.0 Å². The highest BCUT2D eigenvalue weighted by atomic mass is 32.2. The van der Waals surface area contributed by atoms with Gasteiger partial charge in [0.15, 0.2) is 0 Å². The lowest BCUT2D eigenvalue weighted by Gasteiger charge is -2.20. The number of hydrogen-bond acceptors (Lipinski definition) is 3. The Kier molecular flexibility index (Phi) is 5.80. The Balaban J connectivity index is 1.73. The van der Waals surface area contributed by atoms with Crippen LogP contribution in [0.15, 0.2) is 89.8 Å². The number of hydrogen-bond donors (Lipinski definition) is 1. The van der Waals surface area contributed by atoms with Crippen molar-refractivity contribution in [1.29, 1.82) is 0 Å². The van der Waals surface area contributed by atoms with Crippen molar-refractivity contribution in [1.82, 2.24) is 5.32 Å². The van der Waals surface area contributed by atoms with E-state index in [0.29, 0.717) is 11.3 Å². The molecule has 0 heterocycles. The number of anilines is 1. The summed E-state index contributed by atoms with van der Waals surface area (Å²) in [5.41, 5.74) is 1.97. The zero-order chi connectivity index (χ0) is 20.1. The van der Waals surface area contributed by atoms with Crippen LogP contribution in [0.5, 0.6) is 0 Å². The van der Waals surface area contributed by atoms with Crippen LogP contribution in [0.1, 0.15) is 28.9 Å². The largest absolute Gasteiger partial charge is 0.346 e. The summed E-state index contributed by atoms with van der Waals surface area (Å²) in [7, 11) is -2.15. The number of nitrogens with zero attached hydrogens (tertiary/aromatic N) is 1. The van der Waals surface area contributed by atoms with Crippen LogP contribution in [0, 0.1) is 0 Å². The SMILES string of the molecule is CC(NC(=O)c1ccc(N(C)S(=O)(=O)c2ccccc2)cc1)c1ccccc1. The molecule has 0 aromatic heterocycles. The molecule has 1 unspecified atom stereocenters. The van der Waals surface area contributed by atoms with Crippen LogP contribution in [-0.2, 0) is 10.0 Å². The van der Waals surface area contributed by atoms with Crippen LogP contribution in [0.3, 0.4) is 0 Å². The fraction of sp³-hybridized carbons (Fsp3) is 0.136. The third kappa shape index (κ3) is 4.23. The fourth-order valence-corrected chi connectivity index (χ4v) is 4.03. The summed E-state index contributed by atoms with van der Waals surface area (Å²) in [6.07, 6.45) is 0. The molecule has 0 aliphatic rings. The lowest BCUT2D eigenvalue weighted by Crippen LogP contribution is -2.28. The van der Waals surface area contributed by atoms with Gasteiger partial charge in [0.05, 0.1) is 16.6 Å². The van der Waals surface area contributed by atoms with Crippen molar-refractivity contribution in [3.05, 3.63) is 96.1 Å². The van der Waals surface area contributed by atoms with Gasteiger partial charge < -0.3 is 5.32 Å². The maximum Gasteiger partial charge on any atom is 0.264 e. The predicted octanol–water partition coefficient (Wildman–Crippen LogP) is 4.00. The average Bonchev–Trinajstić information content (AvgIpc) is 2.74. The lowest BCUT2D eigenvalue weighted by molar-refractivity contribution is 0.0940. The topological polar surface area (TPSA) is 66.5 Å². The second-order valence-corrected chi connectivity index (χ2v) is 8.41. The van der Waals surface area contributed by atoms with Crippen molar-refractivity contribution in [3.8, 4) is 0 Å². The van der Waals surface area contributed by atoms with E-state index in [9.17, 15) is 13.2 Å². The molecule has 1 N–H and O–H groups in total. The van der Waals surface area contributed by atoms with Gasteiger partial charge in [-0.05, 0) is 48.9 Å². The van der Waals surface area contributed by atoms with Gasteiger partial charge in [0.1, 0.15) is 0 Å². The summed E-state index contributed by atoms with van der Waals surface area (Å²) in [6.45, 7) is 1.92. The van der Waals surface area contributed by atoms with E-state index >= 15 is 0 Å². The highest BCUT2D eigenvalue weighted by Crippen LogP contribution is 2.22. The Hall–Kier alpha value is -3.12. The van der Waals surface area contributed by atoms with Crippen LogP contribution in [-0.4, -0.2) is 21.4 Å². The van der Waals surface area contributed by atoms with E-state index in [-0.39, 0.29) is 16.8 Å². The summed E-state index contributed by atoms with van der Waals surface area (Å²) in [5.74, 6) is -0.212. The third-order valence-corrected chi connectivity index (χ3v) is 6.34. The highest BCUT2D eigenvalue weighted by molar-refractivity contribution is 7.92. The lowest BCUT2D eigenvalue weighted by atomic mass is 10.1. The first-order valence-corrected chi connectivity index (χ1v) is 10.3. The zero-order valence-corrected chi connectivity index (χ0v) is 16.6. The maximum atomic E-state index is 12.7. The van der Waals surface area contributed by atoms with Crippen molar-refractivity contribution in [2.75, 3.05) is 11.4 Å². The molecule has 5 nitrogen and oxygen atoms in total. The molecule has 0 fully saturated rings. The van der Waals surface area contributed by atoms with E-state index in [0.717, 1.165) is 5.56 Å². The molecule has 144 valence electrons. The summed E-state index contributed by atoms with van der Waals surface area (Å²) >= 11 is 0. The standard InChI is InChI=1S/C22H22N2O3S/c1-17(18-9-5-3-6-10-18)23-22(25)19-13-15-20(16-14-19)24(2)28(26,27)21-11-7-4-8-12-21/h3-17H,1-2H3,(H,23,25). The summed E-state index contributed by atoms with van der Waals surface area (Å²) in [4.78, 5) is 12.7. The van der Waals surface area contributed by atoms with E-state index in [1.165, 1.54) is 11.4 Å². The zero-order valence-electron chi connectivity index (χ0n) is 15.7. The monoisotopic (exact) mass is 394 g/mol. The Labute approximate surface area is 165 Å². The van der Waals surface area contributed by atoms with E-state index in [1.54, 1.807) is 54.6 Å². The summed E-state index contributed by atoms with van der Waals surface area (Å²) in [5, 5.41) is 2.95. The molecule has 6 heteroatoms. The first-order valence-electron chi connectivity index (χ1n) is 8.89. The van der Waals surface area contributed by atoms with Gasteiger partial charge in [-0.1, -0.05) is 48.5 Å². The molecule has 0 aliphatic heterocycles. The van der Waals surface area contributed by atoms with Crippen LogP contribution < -0.4 is 9.62 Å². The molecule has 0 aliphatic carbocycles.